The van der Waals surface area contributed by atoms with Gasteiger partial charge < -0.3 is 15.0 Å². The van der Waals surface area contributed by atoms with Crippen molar-refractivity contribution in [3.63, 3.8) is 0 Å². The number of nitrogens with one attached hydrogen (secondary N) is 1. The first-order valence-corrected chi connectivity index (χ1v) is 6.50. The van der Waals surface area contributed by atoms with E-state index < -0.39 is 17.8 Å². The number of fused-ring (bicyclic) bond motifs is 1. The van der Waals surface area contributed by atoms with E-state index in [9.17, 15) is 14.3 Å². The minimum absolute atomic E-state index is 0.232. The average molecular weight is 279 g/mol. The molecule has 1 aromatic carbocycles. The van der Waals surface area contributed by atoms with Crippen molar-refractivity contribution in [3.05, 3.63) is 24.0 Å². The Hall–Kier alpha value is -2.11. The summed E-state index contributed by atoms with van der Waals surface area (Å²) in [6, 6.07) is 3.94. The third-order valence-corrected chi connectivity index (χ3v) is 3.17. The molecule has 0 spiro atoms. The van der Waals surface area contributed by atoms with Gasteiger partial charge in [0.2, 0.25) is 5.95 Å². The fourth-order valence-electron chi connectivity index (χ4n) is 2.16. The molecule has 1 atom stereocenters. The number of carbonyl (C=O) groups is 1. The second-order valence-corrected chi connectivity index (χ2v) is 5.27. The summed E-state index contributed by atoms with van der Waals surface area (Å²) < 4.78 is 15.3. The molecule has 1 aromatic heterocycles. The van der Waals surface area contributed by atoms with E-state index >= 15 is 0 Å². The minimum Gasteiger partial charge on any atom is -0.480 e. The van der Waals surface area contributed by atoms with Crippen LogP contribution in [0.1, 0.15) is 20.3 Å². The van der Waals surface area contributed by atoms with Crippen molar-refractivity contribution in [3.8, 4) is 0 Å². The quantitative estimate of drug-likeness (QED) is 0.883. The van der Waals surface area contributed by atoms with Crippen LogP contribution in [0.25, 0.3) is 11.0 Å². The summed E-state index contributed by atoms with van der Waals surface area (Å²) in [5.74, 6) is -0.763. The topological polar surface area (TPSA) is 67.2 Å². The third-order valence-electron chi connectivity index (χ3n) is 3.17. The van der Waals surface area contributed by atoms with Crippen molar-refractivity contribution in [2.45, 2.75) is 26.3 Å². The number of benzene rings is 1. The number of nitrogens with zero attached hydrogens (tertiary/aromatic N) is 2. The van der Waals surface area contributed by atoms with E-state index in [1.54, 1.807) is 23.7 Å². The summed E-state index contributed by atoms with van der Waals surface area (Å²) in [5.41, 5.74) is 0.868. The highest BCUT2D eigenvalue weighted by molar-refractivity contribution is 5.81. The SMILES string of the molecule is CC(C)CC(Nc1nc2c(F)cccc2n1C)C(=O)O. The number of carboxylic acids is 1. The molecule has 0 amide bonds. The number of hydrogen-bond acceptors (Lipinski definition) is 3. The van der Waals surface area contributed by atoms with Crippen molar-refractivity contribution >= 4 is 23.0 Å². The van der Waals surface area contributed by atoms with Gasteiger partial charge in [-0.05, 0) is 24.5 Å². The van der Waals surface area contributed by atoms with E-state index in [-0.39, 0.29) is 11.4 Å². The molecule has 0 radical (unpaired) electrons. The Labute approximate surface area is 116 Å². The molecule has 0 fully saturated rings. The number of halogens is 1. The molecule has 0 aliphatic carbocycles. The molecule has 2 N–H and O–H groups in total. The summed E-state index contributed by atoms with van der Waals surface area (Å²) in [4.78, 5) is 15.4. The first kappa shape index (κ1) is 14.3. The van der Waals surface area contributed by atoms with Crippen LogP contribution < -0.4 is 5.32 Å². The number of aromatic nitrogens is 2. The molecule has 0 saturated heterocycles. The highest BCUT2D eigenvalue weighted by Crippen LogP contribution is 2.22. The Morgan fingerprint density at radius 3 is 2.75 bits per heavy atom. The summed E-state index contributed by atoms with van der Waals surface area (Å²) >= 11 is 0. The van der Waals surface area contributed by atoms with Gasteiger partial charge in [0.15, 0.2) is 5.82 Å². The molecule has 20 heavy (non-hydrogen) atoms. The van der Waals surface area contributed by atoms with Crippen molar-refractivity contribution in [2.75, 3.05) is 5.32 Å². The lowest BCUT2D eigenvalue weighted by Crippen LogP contribution is -2.31. The first-order valence-electron chi connectivity index (χ1n) is 6.50. The normalized spacial score (nSPS) is 12.8. The van der Waals surface area contributed by atoms with Gasteiger partial charge in [-0.3, -0.25) is 0 Å². The van der Waals surface area contributed by atoms with Crippen molar-refractivity contribution in [2.24, 2.45) is 13.0 Å². The van der Waals surface area contributed by atoms with Crippen LogP contribution in [-0.4, -0.2) is 26.7 Å². The molecule has 108 valence electrons. The van der Waals surface area contributed by atoms with Gasteiger partial charge in [-0.2, -0.15) is 0 Å². The zero-order chi connectivity index (χ0) is 14.9. The molecule has 6 heteroatoms. The van der Waals surface area contributed by atoms with E-state index in [0.717, 1.165) is 0 Å². The number of aliphatic carboxylic acids is 1. The zero-order valence-corrected chi connectivity index (χ0v) is 11.7. The number of aryl methyl sites for hydroxylation is 1. The molecular weight excluding hydrogens is 261 g/mol. The number of hydrogen-bond donors (Lipinski definition) is 2. The lowest BCUT2D eigenvalue weighted by Gasteiger charge is -2.16. The Balaban J connectivity index is 2.35. The predicted molar refractivity (Wildman–Crippen MR) is 75.2 cm³/mol. The highest BCUT2D eigenvalue weighted by atomic mass is 19.1. The molecule has 5 nitrogen and oxygen atoms in total. The van der Waals surface area contributed by atoms with Crippen LogP contribution in [0.2, 0.25) is 0 Å². The second kappa shape index (κ2) is 5.48. The standard InChI is InChI=1S/C14H18FN3O2/c1-8(2)7-10(13(19)20)16-14-17-12-9(15)5-4-6-11(12)18(14)3/h4-6,8,10H,7H2,1-3H3,(H,16,17)(H,19,20). The molecule has 0 aliphatic heterocycles. The maximum absolute atomic E-state index is 13.7. The van der Waals surface area contributed by atoms with Crippen LogP contribution in [0, 0.1) is 11.7 Å². The van der Waals surface area contributed by atoms with Gasteiger partial charge in [0.05, 0.1) is 5.52 Å². The van der Waals surface area contributed by atoms with Gasteiger partial charge in [-0.1, -0.05) is 19.9 Å². The summed E-state index contributed by atoms with van der Waals surface area (Å²) in [6.07, 6.45) is 0.473. The Kier molecular flexibility index (Phi) is 3.92. The van der Waals surface area contributed by atoms with E-state index in [1.165, 1.54) is 6.07 Å². The predicted octanol–water partition coefficient (Wildman–Crippen LogP) is 2.62. The lowest BCUT2D eigenvalue weighted by atomic mass is 10.0. The zero-order valence-electron chi connectivity index (χ0n) is 11.7. The highest BCUT2D eigenvalue weighted by Gasteiger charge is 2.21. The van der Waals surface area contributed by atoms with Gasteiger partial charge in [0, 0.05) is 7.05 Å². The number of anilines is 1. The molecular formula is C14H18FN3O2. The van der Waals surface area contributed by atoms with Gasteiger partial charge in [0.1, 0.15) is 11.6 Å². The Morgan fingerprint density at radius 2 is 2.20 bits per heavy atom. The van der Waals surface area contributed by atoms with Gasteiger partial charge >= 0.3 is 5.97 Å². The second-order valence-electron chi connectivity index (χ2n) is 5.27. The van der Waals surface area contributed by atoms with Gasteiger partial charge in [-0.15, -0.1) is 0 Å². The maximum Gasteiger partial charge on any atom is 0.326 e. The Bertz CT molecular complexity index is 637. The Morgan fingerprint density at radius 1 is 1.50 bits per heavy atom. The van der Waals surface area contributed by atoms with Crippen LogP contribution in [-0.2, 0) is 11.8 Å². The van der Waals surface area contributed by atoms with Gasteiger partial charge in [0.25, 0.3) is 0 Å². The summed E-state index contributed by atoms with van der Waals surface area (Å²) in [5, 5.41) is 12.1. The fraction of sp³-hybridized carbons (Fsp3) is 0.429. The van der Waals surface area contributed by atoms with E-state index in [2.05, 4.69) is 10.3 Å². The first-order chi connectivity index (χ1) is 9.40. The van der Waals surface area contributed by atoms with Gasteiger partial charge in [-0.25, -0.2) is 14.2 Å². The number of para-hydroxylation sites is 1. The third kappa shape index (κ3) is 2.74. The minimum atomic E-state index is -0.939. The van der Waals surface area contributed by atoms with Crippen molar-refractivity contribution in [1.82, 2.24) is 9.55 Å². The molecule has 0 saturated carbocycles. The van der Waals surface area contributed by atoms with Crippen LogP contribution in [0.15, 0.2) is 18.2 Å². The van der Waals surface area contributed by atoms with Crippen LogP contribution in [0.3, 0.4) is 0 Å². The monoisotopic (exact) mass is 279 g/mol. The number of carboxylic acid groups (broad SMARTS) is 1. The molecule has 2 aromatic rings. The molecule has 1 heterocycles. The summed E-state index contributed by atoms with van der Waals surface area (Å²) in [6.45, 7) is 3.90. The molecule has 0 aliphatic rings. The maximum atomic E-state index is 13.7. The number of rotatable bonds is 5. The van der Waals surface area contributed by atoms with E-state index in [4.69, 9.17) is 0 Å². The average Bonchev–Trinajstić information content (AvgIpc) is 2.67. The van der Waals surface area contributed by atoms with Crippen molar-refractivity contribution < 1.29 is 14.3 Å². The van der Waals surface area contributed by atoms with Crippen molar-refractivity contribution in [1.29, 1.82) is 0 Å². The number of imidazole rings is 1. The van der Waals surface area contributed by atoms with Crippen LogP contribution in [0.4, 0.5) is 10.3 Å². The molecule has 1 unspecified atom stereocenters. The molecule has 2 rings (SSSR count). The largest absolute Gasteiger partial charge is 0.480 e. The lowest BCUT2D eigenvalue weighted by molar-refractivity contribution is -0.138. The summed E-state index contributed by atoms with van der Waals surface area (Å²) in [7, 11) is 1.73. The van der Waals surface area contributed by atoms with E-state index in [1.807, 2.05) is 13.8 Å². The fourth-order valence-corrected chi connectivity index (χ4v) is 2.16. The van der Waals surface area contributed by atoms with E-state index in [0.29, 0.717) is 17.9 Å². The van der Waals surface area contributed by atoms with Crippen LogP contribution >= 0.6 is 0 Å². The van der Waals surface area contributed by atoms with Crippen LogP contribution in [0.5, 0.6) is 0 Å². The smallest absolute Gasteiger partial charge is 0.326 e. The molecule has 0 bridgehead atoms.